The first-order valence-corrected chi connectivity index (χ1v) is 10.7. The second-order valence-electron chi connectivity index (χ2n) is 8.31. The van der Waals surface area contributed by atoms with Gasteiger partial charge in [-0.2, -0.15) is 0 Å². The molecule has 2 aliphatic rings. The van der Waals surface area contributed by atoms with Crippen LogP contribution in [0.1, 0.15) is 84.7 Å². The van der Waals surface area contributed by atoms with Gasteiger partial charge in [0, 0.05) is 11.8 Å². The van der Waals surface area contributed by atoms with Gasteiger partial charge in [0.15, 0.2) is 5.69 Å². The number of carbonyl (C=O) groups excluding carboxylic acids is 1. The van der Waals surface area contributed by atoms with Crippen molar-refractivity contribution in [2.45, 2.75) is 64.2 Å². The van der Waals surface area contributed by atoms with Crippen LogP contribution in [0.4, 0.5) is 5.69 Å². The lowest BCUT2D eigenvalue weighted by atomic mass is 9.85. The van der Waals surface area contributed by atoms with Gasteiger partial charge in [0.2, 0.25) is 0 Å². The predicted molar refractivity (Wildman–Crippen MR) is 111 cm³/mol. The third-order valence-corrected chi connectivity index (χ3v) is 6.49. The van der Waals surface area contributed by atoms with Crippen LogP contribution in [-0.4, -0.2) is 35.6 Å². The van der Waals surface area contributed by atoms with Gasteiger partial charge in [-0.15, -0.1) is 0 Å². The van der Waals surface area contributed by atoms with Crippen molar-refractivity contribution in [2.75, 3.05) is 25.0 Å². The van der Waals surface area contributed by atoms with E-state index in [9.17, 15) is 4.79 Å². The lowest BCUT2D eigenvalue weighted by molar-refractivity contribution is 0.101. The smallest absolute Gasteiger partial charge is 0.277 e. The van der Waals surface area contributed by atoms with Crippen molar-refractivity contribution in [2.24, 2.45) is 0 Å². The van der Waals surface area contributed by atoms with Crippen LogP contribution in [-0.2, 0) is 0 Å². The highest BCUT2D eigenvalue weighted by Crippen LogP contribution is 2.40. The van der Waals surface area contributed by atoms with E-state index in [1.165, 1.54) is 62.7 Å². The number of aryl methyl sites for hydroxylation is 1. The Labute approximate surface area is 167 Å². The number of hydrogen-bond acceptors (Lipinski definition) is 4. The van der Waals surface area contributed by atoms with Crippen molar-refractivity contribution >= 4 is 11.6 Å². The molecule has 1 saturated heterocycles. The van der Waals surface area contributed by atoms with Crippen LogP contribution in [0.25, 0.3) is 0 Å². The van der Waals surface area contributed by atoms with Gasteiger partial charge < -0.3 is 14.7 Å². The fourth-order valence-electron chi connectivity index (χ4n) is 4.77. The topological polar surface area (TPSA) is 58.4 Å². The van der Waals surface area contributed by atoms with E-state index < -0.39 is 0 Å². The zero-order chi connectivity index (χ0) is 19.5. The molecule has 1 aromatic heterocycles. The van der Waals surface area contributed by atoms with Gasteiger partial charge in [0.1, 0.15) is 5.76 Å². The first-order chi connectivity index (χ1) is 13.6. The zero-order valence-corrected chi connectivity index (χ0v) is 17.0. The standard InChI is InChI=1S/C23H31N3O2/c1-3-26-12-10-17(11-13-26)19-8-9-21(20(15-19)18-6-4-5-7-18)24-23(27)22-14-16(2)28-25-22/h8-9,14-15,17-18H,3-7,10-13H2,1-2H3,(H,24,27). The highest BCUT2D eigenvalue weighted by atomic mass is 16.5. The van der Waals surface area contributed by atoms with Gasteiger partial charge in [-0.3, -0.25) is 4.79 Å². The van der Waals surface area contributed by atoms with Crippen LogP contribution < -0.4 is 5.32 Å². The highest BCUT2D eigenvalue weighted by molar-refractivity contribution is 6.03. The molecule has 4 rings (SSSR count). The van der Waals surface area contributed by atoms with Crippen molar-refractivity contribution in [3.8, 4) is 0 Å². The summed E-state index contributed by atoms with van der Waals surface area (Å²) in [5.41, 5.74) is 4.02. The molecule has 0 radical (unpaired) electrons. The first-order valence-electron chi connectivity index (χ1n) is 10.7. The Morgan fingerprint density at radius 3 is 2.54 bits per heavy atom. The van der Waals surface area contributed by atoms with E-state index >= 15 is 0 Å². The number of carbonyl (C=O) groups is 1. The van der Waals surface area contributed by atoms with E-state index in [0.29, 0.717) is 23.3 Å². The molecular weight excluding hydrogens is 350 g/mol. The molecule has 2 fully saturated rings. The summed E-state index contributed by atoms with van der Waals surface area (Å²) < 4.78 is 5.05. The van der Waals surface area contributed by atoms with Crippen molar-refractivity contribution in [3.63, 3.8) is 0 Å². The molecular formula is C23H31N3O2. The second-order valence-corrected chi connectivity index (χ2v) is 8.31. The van der Waals surface area contributed by atoms with Crippen LogP contribution in [0, 0.1) is 6.92 Å². The summed E-state index contributed by atoms with van der Waals surface area (Å²) >= 11 is 0. The maximum Gasteiger partial charge on any atom is 0.277 e. The van der Waals surface area contributed by atoms with Crippen LogP contribution in [0.2, 0.25) is 0 Å². The molecule has 2 heterocycles. The molecule has 1 N–H and O–H groups in total. The molecule has 0 atom stereocenters. The molecule has 5 heteroatoms. The molecule has 1 aromatic carbocycles. The molecule has 5 nitrogen and oxygen atoms in total. The summed E-state index contributed by atoms with van der Waals surface area (Å²) in [5, 5.41) is 6.95. The van der Waals surface area contributed by atoms with Gasteiger partial charge in [0.25, 0.3) is 5.91 Å². The average Bonchev–Trinajstić information content (AvgIpc) is 3.40. The average molecular weight is 382 g/mol. The van der Waals surface area contributed by atoms with Crippen molar-refractivity contribution in [3.05, 3.63) is 46.8 Å². The number of hydrogen-bond donors (Lipinski definition) is 1. The number of nitrogens with zero attached hydrogens (tertiary/aromatic N) is 2. The molecule has 1 aliphatic heterocycles. The number of anilines is 1. The van der Waals surface area contributed by atoms with Crippen LogP contribution in [0.3, 0.4) is 0 Å². The minimum Gasteiger partial charge on any atom is -0.361 e. The Bertz CT molecular complexity index is 815. The molecule has 0 unspecified atom stereocenters. The van der Waals surface area contributed by atoms with Crippen LogP contribution in [0.15, 0.2) is 28.8 Å². The van der Waals surface area contributed by atoms with E-state index in [2.05, 4.69) is 40.5 Å². The van der Waals surface area contributed by atoms with Gasteiger partial charge in [-0.1, -0.05) is 37.1 Å². The van der Waals surface area contributed by atoms with E-state index in [0.717, 1.165) is 12.2 Å². The zero-order valence-electron chi connectivity index (χ0n) is 17.0. The van der Waals surface area contributed by atoms with Gasteiger partial charge >= 0.3 is 0 Å². The fourth-order valence-corrected chi connectivity index (χ4v) is 4.77. The normalized spacial score (nSPS) is 19.2. The summed E-state index contributed by atoms with van der Waals surface area (Å²) in [7, 11) is 0. The van der Waals surface area contributed by atoms with E-state index in [1.54, 1.807) is 13.0 Å². The summed E-state index contributed by atoms with van der Waals surface area (Å²) in [5.74, 6) is 1.63. The molecule has 1 aliphatic carbocycles. The monoisotopic (exact) mass is 381 g/mol. The first kappa shape index (κ1) is 19.2. The Balaban J connectivity index is 1.56. The van der Waals surface area contributed by atoms with E-state index in [-0.39, 0.29) is 5.91 Å². The number of benzene rings is 1. The molecule has 2 aromatic rings. The molecule has 1 amide bonds. The predicted octanol–water partition coefficient (Wildman–Crippen LogP) is 5.09. The quantitative estimate of drug-likeness (QED) is 0.783. The Kier molecular flexibility index (Phi) is 5.81. The third-order valence-electron chi connectivity index (χ3n) is 6.49. The summed E-state index contributed by atoms with van der Waals surface area (Å²) in [6, 6.07) is 8.39. The maximum atomic E-state index is 12.6. The maximum absolute atomic E-state index is 12.6. The summed E-state index contributed by atoms with van der Waals surface area (Å²) in [6.07, 6.45) is 7.43. The number of aromatic nitrogens is 1. The SMILES string of the molecule is CCN1CCC(c2ccc(NC(=O)c3cc(C)on3)c(C3CCCC3)c2)CC1. The fraction of sp³-hybridized carbons (Fsp3) is 0.565. The second kappa shape index (κ2) is 8.48. The Morgan fingerprint density at radius 1 is 1.14 bits per heavy atom. The van der Waals surface area contributed by atoms with E-state index in [4.69, 9.17) is 4.52 Å². The van der Waals surface area contributed by atoms with Crippen molar-refractivity contribution in [1.29, 1.82) is 0 Å². The minimum absolute atomic E-state index is 0.194. The molecule has 150 valence electrons. The largest absolute Gasteiger partial charge is 0.361 e. The van der Waals surface area contributed by atoms with Crippen LogP contribution in [0.5, 0.6) is 0 Å². The van der Waals surface area contributed by atoms with Crippen molar-refractivity contribution < 1.29 is 9.32 Å². The van der Waals surface area contributed by atoms with Gasteiger partial charge in [0.05, 0.1) is 0 Å². The molecule has 28 heavy (non-hydrogen) atoms. The number of likely N-dealkylation sites (tertiary alicyclic amines) is 1. The summed E-state index contributed by atoms with van der Waals surface area (Å²) in [6.45, 7) is 7.55. The molecule has 0 spiro atoms. The number of nitrogens with one attached hydrogen (secondary N) is 1. The lowest BCUT2D eigenvalue weighted by Gasteiger charge is -2.32. The van der Waals surface area contributed by atoms with Gasteiger partial charge in [-0.05, 0) is 81.3 Å². The van der Waals surface area contributed by atoms with Gasteiger partial charge in [-0.25, -0.2) is 0 Å². The third kappa shape index (κ3) is 4.14. The molecule has 1 saturated carbocycles. The van der Waals surface area contributed by atoms with Crippen molar-refractivity contribution in [1.82, 2.24) is 10.1 Å². The number of piperidine rings is 1. The molecule has 0 bridgehead atoms. The summed E-state index contributed by atoms with van der Waals surface area (Å²) in [4.78, 5) is 15.1. The van der Waals surface area contributed by atoms with Crippen LogP contribution >= 0.6 is 0 Å². The Hall–Kier alpha value is -2.14. The lowest BCUT2D eigenvalue weighted by Crippen LogP contribution is -2.32. The van der Waals surface area contributed by atoms with E-state index in [1.807, 2.05) is 0 Å². The number of rotatable bonds is 5. The highest BCUT2D eigenvalue weighted by Gasteiger charge is 2.25. The number of amides is 1. The minimum atomic E-state index is -0.194. The Morgan fingerprint density at radius 2 is 1.89 bits per heavy atom.